The van der Waals surface area contributed by atoms with Crippen LogP contribution in [0.4, 0.5) is 0 Å². The van der Waals surface area contributed by atoms with Crippen LogP contribution in [0.25, 0.3) is 0 Å². The van der Waals surface area contributed by atoms with Crippen LogP contribution in [-0.4, -0.2) is 17.4 Å². The highest BCUT2D eigenvalue weighted by Crippen LogP contribution is 2.29. The van der Waals surface area contributed by atoms with Gasteiger partial charge in [-0.15, -0.1) is 0 Å². The summed E-state index contributed by atoms with van der Waals surface area (Å²) in [5.74, 6) is 0.0807. The highest BCUT2D eigenvalue weighted by atomic mass is 16.2. The Hall–Kier alpha value is -1.25. The Kier molecular flexibility index (Phi) is 1.64. The molecule has 12 heavy (non-hydrogen) atoms. The van der Waals surface area contributed by atoms with Crippen molar-refractivity contribution in [2.45, 2.75) is 12.8 Å². The topological polar surface area (TPSA) is 49.3 Å². The van der Waals surface area contributed by atoms with Crippen molar-refractivity contribution in [3.63, 3.8) is 0 Å². The second kappa shape index (κ2) is 2.66. The molecular formula is C9H11NO2. The quantitative estimate of drug-likeness (QED) is 0.414. The van der Waals surface area contributed by atoms with Crippen molar-refractivity contribution < 1.29 is 9.90 Å². The molecule has 3 heteroatoms. The van der Waals surface area contributed by atoms with Crippen LogP contribution in [0.15, 0.2) is 23.6 Å². The lowest BCUT2D eigenvalue weighted by molar-refractivity contribution is -0.118. The first kappa shape index (κ1) is 7.40. The first-order chi connectivity index (χ1) is 5.83. The van der Waals surface area contributed by atoms with Crippen molar-refractivity contribution in [2.24, 2.45) is 5.92 Å². The van der Waals surface area contributed by atoms with Gasteiger partial charge in [0.25, 0.3) is 0 Å². The van der Waals surface area contributed by atoms with Crippen LogP contribution in [-0.2, 0) is 4.79 Å². The van der Waals surface area contributed by atoms with Crippen molar-refractivity contribution >= 4 is 5.78 Å². The van der Waals surface area contributed by atoms with Gasteiger partial charge in [0, 0.05) is 17.8 Å². The molecule has 1 saturated heterocycles. The van der Waals surface area contributed by atoms with Crippen molar-refractivity contribution in [1.82, 2.24) is 5.32 Å². The number of hydrogen-bond donors (Lipinski definition) is 2. The standard InChI is InChI=1S/C9H11NO2/c11-5-6-1-2-8-7(9(6)12)3-4-10-8/h2,5,7,10-11H,1,3-4H2. The van der Waals surface area contributed by atoms with E-state index in [1.54, 1.807) is 0 Å². The lowest BCUT2D eigenvalue weighted by Crippen LogP contribution is -2.21. The van der Waals surface area contributed by atoms with Gasteiger partial charge in [-0.05, 0) is 12.8 Å². The summed E-state index contributed by atoms with van der Waals surface area (Å²) >= 11 is 0. The van der Waals surface area contributed by atoms with Crippen molar-refractivity contribution in [3.8, 4) is 0 Å². The number of carbonyl (C=O) groups excluding carboxylic acids is 1. The SMILES string of the molecule is O=C1C(=CO)CC=C2NCCC12. The molecule has 1 aliphatic heterocycles. The monoisotopic (exact) mass is 165 g/mol. The van der Waals surface area contributed by atoms with Gasteiger partial charge in [-0.25, -0.2) is 0 Å². The molecular weight excluding hydrogens is 154 g/mol. The molecule has 1 aliphatic carbocycles. The van der Waals surface area contributed by atoms with E-state index in [2.05, 4.69) is 5.32 Å². The average Bonchev–Trinajstić information content (AvgIpc) is 2.53. The van der Waals surface area contributed by atoms with E-state index in [1.807, 2.05) is 6.08 Å². The molecule has 1 heterocycles. The molecule has 2 aliphatic rings. The summed E-state index contributed by atoms with van der Waals surface area (Å²) in [6.45, 7) is 0.876. The van der Waals surface area contributed by atoms with Crippen molar-refractivity contribution in [2.75, 3.05) is 6.54 Å². The summed E-state index contributed by atoms with van der Waals surface area (Å²) in [7, 11) is 0. The molecule has 1 unspecified atom stereocenters. The molecule has 0 saturated carbocycles. The molecule has 64 valence electrons. The molecule has 1 fully saturated rings. The maximum Gasteiger partial charge on any atom is 0.171 e. The third kappa shape index (κ3) is 0.932. The molecule has 0 radical (unpaired) electrons. The minimum absolute atomic E-state index is 0.00264. The lowest BCUT2D eigenvalue weighted by atomic mass is 9.88. The summed E-state index contributed by atoms with van der Waals surface area (Å²) < 4.78 is 0. The fraction of sp³-hybridized carbons (Fsp3) is 0.444. The first-order valence-electron chi connectivity index (χ1n) is 4.14. The zero-order chi connectivity index (χ0) is 8.55. The van der Waals surface area contributed by atoms with Gasteiger partial charge in [0.2, 0.25) is 0 Å². The normalized spacial score (nSPS) is 31.3. The number of aliphatic hydroxyl groups is 1. The smallest absolute Gasteiger partial charge is 0.171 e. The number of nitrogens with one attached hydrogen (secondary N) is 1. The summed E-state index contributed by atoms with van der Waals surface area (Å²) in [5, 5.41) is 11.9. The number of rotatable bonds is 0. The van der Waals surface area contributed by atoms with E-state index >= 15 is 0 Å². The predicted molar refractivity (Wildman–Crippen MR) is 44.5 cm³/mol. The van der Waals surface area contributed by atoms with Gasteiger partial charge in [-0.1, -0.05) is 6.08 Å². The van der Waals surface area contributed by atoms with E-state index in [1.165, 1.54) is 0 Å². The molecule has 2 rings (SSSR count). The lowest BCUT2D eigenvalue weighted by Gasteiger charge is -2.16. The number of Topliss-reactive ketones (excluding diaryl/α,β-unsaturated/α-hetero) is 1. The Morgan fingerprint density at radius 3 is 3.25 bits per heavy atom. The van der Waals surface area contributed by atoms with Crippen LogP contribution in [0.5, 0.6) is 0 Å². The summed E-state index contributed by atoms with van der Waals surface area (Å²) in [6.07, 6.45) is 4.35. The van der Waals surface area contributed by atoms with Crippen LogP contribution in [0.2, 0.25) is 0 Å². The van der Waals surface area contributed by atoms with Gasteiger partial charge in [0.15, 0.2) is 5.78 Å². The second-order valence-corrected chi connectivity index (χ2v) is 3.15. The molecule has 3 nitrogen and oxygen atoms in total. The molecule has 0 spiro atoms. The number of hydrogen-bond acceptors (Lipinski definition) is 3. The molecule has 0 amide bonds. The van der Waals surface area contributed by atoms with Crippen LogP contribution >= 0.6 is 0 Å². The van der Waals surface area contributed by atoms with Gasteiger partial charge in [0.05, 0.1) is 12.2 Å². The van der Waals surface area contributed by atoms with Crippen molar-refractivity contribution in [3.05, 3.63) is 23.6 Å². The Labute approximate surface area is 70.8 Å². The van der Waals surface area contributed by atoms with E-state index in [4.69, 9.17) is 5.11 Å². The number of carbonyl (C=O) groups is 1. The second-order valence-electron chi connectivity index (χ2n) is 3.15. The average molecular weight is 165 g/mol. The Morgan fingerprint density at radius 2 is 2.50 bits per heavy atom. The molecule has 0 aromatic carbocycles. The molecule has 1 atom stereocenters. The third-order valence-electron chi connectivity index (χ3n) is 2.47. The zero-order valence-electron chi connectivity index (χ0n) is 6.71. The predicted octanol–water partition coefficient (Wildman–Crippen LogP) is 0.894. The summed E-state index contributed by atoms with van der Waals surface area (Å²) in [5.41, 5.74) is 1.58. The van der Waals surface area contributed by atoms with Gasteiger partial charge in [-0.3, -0.25) is 4.79 Å². The van der Waals surface area contributed by atoms with Gasteiger partial charge < -0.3 is 10.4 Å². The first-order valence-corrected chi connectivity index (χ1v) is 4.14. The van der Waals surface area contributed by atoms with E-state index in [-0.39, 0.29) is 11.7 Å². The fourth-order valence-electron chi connectivity index (χ4n) is 1.79. The number of aliphatic hydroxyl groups excluding tert-OH is 1. The number of ketones is 1. The third-order valence-corrected chi connectivity index (χ3v) is 2.47. The maximum atomic E-state index is 11.5. The van der Waals surface area contributed by atoms with Gasteiger partial charge in [0.1, 0.15) is 0 Å². The Balaban J connectivity index is 2.32. The highest BCUT2D eigenvalue weighted by molar-refractivity contribution is 6.00. The zero-order valence-corrected chi connectivity index (χ0v) is 6.71. The minimum atomic E-state index is -0.00264. The van der Waals surface area contributed by atoms with E-state index in [0.717, 1.165) is 24.9 Å². The van der Waals surface area contributed by atoms with E-state index < -0.39 is 0 Å². The van der Waals surface area contributed by atoms with E-state index in [9.17, 15) is 4.79 Å². The number of fused-ring (bicyclic) bond motifs is 1. The van der Waals surface area contributed by atoms with Crippen LogP contribution in [0, 0.1) is 5.92 Å². The summed E-state index contributed by atoms with van der Waals surface area (Å²) in [4.78, 5) is 11.5. The summed E-state index contributed by atoms with van der Waals surface area (Å²) in [6, 6.07) is 0. The minimum Gasteiger partial charge on any atom is -0.515 e. The fourth-order valence-corrected chi connectivity index (χ4v) is 1.79. The largest absolute Gasteiger partial charge is 0.515 e. The Morgan fingerprint density at radius 1 is 1.67 bits per heavy atom. The maximum absolute atomic E-state index is 11.5. The van der Waals surface area contributed by atoms with Gasteiger partial charge >= 0.3 is 0 Å². The van der Waals surface area contributed by atoms with Crippen LogP contribution in [0.3, 0.4) is 0 Å². The van der Waals surface area contributed by atoms with Crippen molar-refractivity contribution in [1.29, 1.82) is 0 Å². The molecule has 0 aromatic heterocycles. The Bertz CT molecular complexity index is 278. The van der Waals surface area contributed by atoms with Gasteiger partial charge in [-0.2, -0.15) is 0 Å². The van der Waals surface area contributed by atoms with E-state index in [0.29, 0.717) is 12.0 Å². The molecule has 2 N–H and O–H groups in total. The number of allylic oxidation sites excluding steroid dienone is 3. The molecule has 0 bridgehead atoms. The van der Waals surface area contributed by atoms with Crippen LogP contribution < -0.4 is 5.32 Å². The highest BCUT2D eigenvalue weighted by Gasteiger charge is 2.32. The molecule has 0 aromatic rings. The van der Waals surface area contributed by atoms with Crippen LogP contribution in [0.1, 0.15) is 12.8 Å².